The Kier molecular flexibility index (Phi) is 4.04. The predicted molar refractivity (Wildman–Crippen MR) is 108 cm³/mol. The van der Waals surface area contributed by atoms with E-state index < -0.39 is 12.7 Å². The second-order valence-electron chi connectivity index (χ2n) is 10.3. The van der Waals surface area contributed by atoms with Crippen LogP contribution >= 0.6 is 0 Å². The van der Waals surface area contributed by atoms with Crippen LogP contribution < -0.4 is 11.1 Å². The van der Waals surface area contributed by atoms with Gasteiger partial charge in [0, 0.05) is 0 Å². The van der Waals surface area contributed by atoms with Gasteiger partial charge in [0.1, 0.15) is 0 Å². The minimum absolute atomic E-state index is 0.0784. The zero-order valence-corrected chi connectivity index (χ0v) is 17.1. The minimum atomic E-state index is -0.701. The smallest absolute Gasteiger partial charge is 0.404 e. The van der Waals surface area contributed by atoms with Gasteiger partial charge in [-0.05, 0) is 61.8 Å². The molecule has 1 aromatic carbocycles. The minimum Gasteiger partial charge on any atom is -0.404 e. The molecule has 5 atom stereocenters. The van der Waals surface area contributed by atoms with Crippen LogP contribution in [0, 0.1) is 17.3 Å². The Bertz CT molecular complexity index is 781. The van der Waals surface area contributed by atoms with Crippen LogP contribution in [-0.4, -0.2) is 36.2 Å². The quantitative estimate of drug-likeness (QED) is 0.768. The number of rotatable bonds is 5. The van der Waals surface area contributed by atoms with Gasteiger partial charge < -0.3 is 20.4 Å². The van der Waals surface area contributed by atoms with Gasteiger partial charge >= 0.3 is 7.12 Å². The summed E-state index contributed by atoms with van der Waals surface area (Å²) in [6, 6.07) is 10.2. The Morgan fingerprint density at radius 3 is 2.61 bits per heavy atom. The van der Waals surface area contributed by atoms with Crippen molar-refractivity contribution >= 4 is 13.0 Å². The van der Waals surface area contributed by atoms with E-state index in [4.69, 9.17) is 15.0 Å². The first-order valence-corrected chi connectivity index (χ1v) is 10.7. The first kappa shape index (κ1) is 18.7. The normalized spacial score (nSPS) is 37.6. The molecule has 0 spiro atoms. The average Bonchev–Trinajstić information content (AvgIpc) is 3.31. The highest BCUT2D eigenvalue weighted by Gasteiger charge is 2.68. The summed E-state index contributed by atoms with van der Waals surface area (Å²) in [6.07, 6.45) is 4.55. The van der Waals surface area contributed by atoms with Gasteiger partial charge in [-0.1, -0.05) is 44.2 Å². The molecule has 6 rings (SSSR count). The van der Waals surface area contributed by atoms with Crippen molar-refractivity contribution in [2.75, 3.05) is 0 Å². The van der Waals surface area contributed by atoms with Gasteiger partial charge in [0.05, 0.1) is 23.2 Å². The Labute approximate surface area is 167 Å². The second kappa shape index (κ2) is 6.07. The monoisotopic (exact) mass is 382 g/mol. The van der Waals surface area contributed by atoms with E-state index in [1.54, 1.807) is 0 Å². The van der Waals surface area contributed by atoms with Gasteiger partial charge in [-0.25, -0.2) is 0 Å². The molecule has 0 unspecified atom stereocenters. The fourth-order valence-corrected chi connectivity index (χ4v) is 5.83. The summed E-state index contributed by atoms with van der Waals surface area (Å²) >= 11 is 0. The molecule has 0 radical (unpaired) electrons. The number of nitrogens with one attached hydrogen (secondary N) is 1. The average molecular weight is 382 g/mol. The van der Waals surface area contributed by atoms with Crippen LogP contribution in [0.5, 0.6) is 0 Å². The lowest BCUT2D eigenvalue weighted by atomic mass is 9.43. The van der Waals surface area contributed by atoms with E-state index in [0.717, 1.165) is 24.8 Å². The van der Waals surface area contributed by atoms with Crippen molar-refractivity contribution in [2.24, 2.45) is 23.0 Å². The van der Waals surface area contributed by atoms with Gasteiger partial charge in [-0.2, -0.15) is 0 Å². The van der Waals surface area contributed by atoms with Crippen molar-refractivity contribution in [3.8, 4) is 0 Å². The first-order chi connectivity index (χ1) is 13.2. The Hall–Kier alpha value is -1.37. The van der Waals surface area contributed by atoms with E-state index in [9.17, 15) is 4.79 Å². The molecule has 0 aromatic heterocycles. The Morgan fingerprint density at radius 1 is 1.25 bits per heavy atom. The molecule has 5 aliphatic rings. The fraction of sp³-hybridized carbons (Fsp3) is 0.682. The first-order valence-electron chi connectivity index (χ1n) is 10.7. The lowest BCUT2D eigenvalue weighted by Gasteiger charge is -2.64. The Balaban J connectivity index is 1.37. The van der Waals surface area contributed by atoms with Crippen LogP contribution in [0.15, 0.2) is 30.3 Å². The maximum Gasteiger partial charge on any atom is 0.482 e. The van der Waals surface area contributed by atoms with Crippen molar-refractivity contribution in [3.05, 3.63) is 35.9 Å². The summed E-state index contributed by atoms with van der Waals surface area (Å²) in [5.74, 6) is 0.897. The van der Waals surface area contributed by atoms with Crippen molar-refractivity contribution in [1.82, 2.24) is 5.32 Å². The molecule has 2 bridgehead atoms. The topological polar surface area (TPSA) is 73.6 Å². The fourth-order valence-electron chi connectivity index (χ4n) is 5.83. The third-order valence-corrected chi connectivity index (χ3v) is 8.15. The number of carbonyl (C=O) groups excluding carboxylic acids is 1. The maximum absolute atomic E-state index is 12.7. The standard InChI is InChI=1S/C22H31BN2O3/c1-20(2)15-12-16(20)21(3)17(13-15)27-23(28-21)18(11-14-7-5-4-6-8-14)25-19(26)22(24)9-10-22/h4-8,15-18H,9-13,24H2,1-3H3,(H,25,26)/t15-,16-,17+,18-,21-/m0/s1. The van der Waals surface area contributed by atoms with E-state index in [2.05, 4.69) is 38.2 Å². The zero-order valence-electron chi connectivity index (χ0n) is 17.1. The highest BCUT2D eigenvalue weighted by Crippen LogP contribution is 2.65. The molecule has 28 heavy (non-hydrogen) atoms. The lowest BCUT2D eigenvalue weighted by Crippen LogP contribution is -2.65. The molecule has 5 fully saturated rings. The zero-order chi connectivity index (χ0) is 19.7. The molecule has 5 nitrogen and oxygen atoms in total. The molecule has 1 heterocycles. The summed E-state index contributed by atoms with van der Waals surface area (Å²) in [5, 5.41) is 3.17. The molecule has 6 heteroatoms. The van der Waals surface area contributed by atoms with Gasteiger partial charge in [-0.15, -0.1) is 0 Å². The summed E-state index contributed by atoms with van der Waals surface area (Å²) in [5.41, 5.74) is 6.63. The molecule has 1 aliphatic heterocycles. The van der Waals surface area contributed by atoms with Crippen molar-refractivity contribution in [1.29, 1.82) is 0 Å². The molecule has 4 aliphatic carbocycles. The van der Waals surface area contributed by atoms with Crippen LogP contribution in [0.2, 0.25) is 0 Å². The molecule has 4 saturated carbocycles. The van der Waals surface area contributed by atoms with E-state index >= 15 is 0 Å². The van der Waals surface area contributed by atoms with Gasteiger partial charge in [0.25, 0.3) is 0 Å². The van der Waals surface area contributed by atoms with E-state index in [1.807, 2.05) is 18.2 Å². The number of hydrogen-bond acceptors (Lipinski definition) is 4. The van der Waals surface area contributed by atoms with E-state index in [-0.39, 0.29) is 23.6 Å². The third kappa shape index (κ3) is 2.76. The number of amides is 1. The molecule has 1 aromatic rings. The molecular formula is C22H31BN2O3. The van der Waals surface area contributed by atoms with Gasteiger partial charge in [0.2, 0.25) is 5.91 Å². The summed E-state index contributed by atoms with van der Waals surface area (Å²) in [6.45, 7) is 6.93. The lowest BCUT2D eigenvalue weighted by molar-refractivity contribution is -0.199. The molecule has 1 saturated heterocycles. The van der Waals surface area contributed by atoms with Crippen molar-refractivity contribution in [3.63, 3.8) is 0 Å². The van der Waals surface area contributed by atoms with Crippen molar-refractivity contribution in [2.45, 2.75) is 76.1 Å². The number of carbonyl (C=O) groups is 1. The van der Waals surface area contributed by atoms with Crippen LogP contribution in [0.3, 0.4) is 0 Å². The molecular weight excluding hydrogens is 351 g/mol. The van der Waals surface area contributed by atoms with Gasteiger partial charge in [-0.3, -0.25) is 4.79 Å². The summed E-state index contributed by atoms with van der Waals surface area (Å²) in [7, 11) is -0.434. The highest BCUT2D eigenvalue weighted by molar-refractivity contribution is 6.48. The van der Waals surface area contributed by atoms with Crippen LogP contribution in [-0.2, 0) is 20.5 Å². The van der Waals surface area contributed by atoms with E-state index in [1.165, 1.54) is 6.42 Å². The largest absolute Gasteiger partial charge is 0.482 e. The van der Waals surface area contributed by atoms with Crippen molar-refractivity contribution < 1.29 is 14.1 Å². The second-order valence-corrected chi connectivity index (χ2v) is 10.3. The maximum atomic E-state index is 12.7. The number of nitrogens with two attached hydrogens (primary N) is 1. The highest BCUT2D eigenvalue weighted by atomic mass is 16.7. The summed E-state index contributed by atoms with van der Waals surface area (Å²) in [4.78, 5) is 12.7. The number of hydrogen-bond donors (Lipinski definition) is 2. The van der Waals surface area contributed by atoms with Crippen LogP contribution in [0.25, 0.3) is 0 Å². The summed E-state index contributed by atoms with van der Waals surface area (Å²) < 4.78 is 13.1. The Morgan fingerprint density at radius 2 is 1.96 bits per heavy atom. The SMILES string of the molecule is CC1(C)[C@@H]2C[C@H]3OB([C@H](Cc4ccccc4)NC(=O)C4(N)CC4)O[C@@]3(C)[C@H]1C2. The molecule has 1 amide bonds. The van der Waals surface area contributed by atoms with Gasteiger partial charge in [0.15, 0.2) is 0 Å². The third-order valence-electron chi connectivity index (χ3n) is 8.15. The number of benzene rings is 1. The molecule has 3 N–H and O–H groups in total. The predicted octanol–water partition coefficient (Wildman–Crippen LogP) is 2.47. The van der Waals surface area contributed by atoms with Crippen LogP contribution in [0.4, 0.5) is 0 Å². The molecule has 150 valence electrons. The van der Waals surface area contributed by atoms with Crippen LogP contribution in [0.1, 0.15) is 52.0 Å². The van der Waals surface area contributed by atoms with E-state index in [0.29, 0.717) is 23.7 Å².